The molecule has 3 aromatic rings. The molecular formula is C22H26N4O2. The summed E-state index contributed by atoms with van der Waals surface area (Å²) in [6, 6.07) is 14.3. The van der Waals surface area contributed by atoms with Crippen LogP contribution in [0, 0.1) is 5.92 Å². The number of anilines is 3. The van der Waals surface area contributed by atoms with Crippen LogP contribution in [0.1, 0.15) is 39.5 Å². The SMILES string of the molecule is CCCCC(CC)C(=O)Nc1ccc2ccc(Nc3ccc(O)cc3)nc2n1. The molecule has 0 radical (unpaired) electrons. The highest BCUT2D eigenvalue weighted by molar-refractivity contribution is 5.92. The number of hydrogen-bond donors (Lipinski definition) is 3. The average molecular weight is 378 g/mol. The highest BCUT2D eigenvalue weighted by atomic mass is 16.3. The van der Waals surface area contributed by atoms with Gasteiger partial charge in [-0.25, -0.2) is 9.97 Å². The molecule has 2 heterocycles. The van der Waals surface area contributed by atoms with E-state index >= 15 is 0 Å². The Morgan fingerprint density at radius 2 is 1.68 bits per heavy atom. The summed E-state index contributed by atoms with van der Waals surface area (Å²) in [6.07, 6.45) is 3.84. The molecule has 1 amide bonds. The van der Waals surface area contributed by atoms with E-state index in [9.17, 15) is 9.90 Å². The molecule has 6 heteroatoms. The number of aromatic hydroxyl groups is 1. The summed E-state index contributed by atoms with van der Waals surface area (Å²) < 4.78 is 0. The summed E-state index contributed by atoms with van der Waals surface area (Å²) in [6.45, 7) is 4.17. The van der Waals surface area contributed by atoms with Gasteiger partial charge in [-0.15, -0.1) is 0 Å². The van der Waals surface area contributed by atoms with Gasteiger partial charge in [0.25, 0.3) is 0 Å². The molecule has 0 saturated carbocycles. The minimum Gasteiger partial charge on any atom is -0.508 e. The Bertz CT molecular complexity index is 941. The first-order chi connectivity index (χ1) is 13.6. The van der Waals surface area contributed by atoms with E-state index in [2.05, 4.69) is 27.5 Å². The number of aromatic nitrogens is 2. The Kier molecular flexibility index (Phi) is 6.42. The zero-order valence-corrected chi connectivity index (χ0v) is 16.3. The van der Waals surface area contributed by atoms with Gasteiger partial charge in [-0.3, -0.25) is 4.79 Å². The molecule has 1 unspecified atom stereocenters. The van der Waals surface area contributed by atoms with E-state index in [1.807, 2.05) is 31.2 Å². The van der Waals surface area contributed by atoms with Gasteiger partial charge >= 0.3 is 0 Å². The van der Waals surface area contributed by atoms with Crippen LogP contribution in [-0.4, -0.2) is 21.0 Å². The monoisotopic (exact) mass is 378 g/mol. The molecule has 0 aliphatic rings. The van der Waals surface area contributed by atoms with Crippen molar-refractivity contribution in [1.29, 1.82) is 0 Å². The van der Waals surface area contributed by atoms with Crippen LogP contribution < -0.4 is 10.6 Å². The number of nitrogens with zero attached hydrogens (tertiary/aromatic N) is 2. The van der Waals surface area contributed by atoms with E-state index in [1.54, 1.807) is 24.3 Å². The van der Waals surface area contributed by atoms with Gasteiger partial charge in [0.2, 0.25) is 5.91 Å². The smallest absolute Gasteiger partial charge is 0.228 e. The second kappa shape index (κ2) is 9.17. The maximum Gasteiger partial charge on any atom is 0.228 e. The molecule has 1 aromatic carbocycles. The zero-order chi connectivity index (χ0) is 19.9. The largest absolute Gasteiger partial charge is 0.508 e. The van der Waals surface area contributed by atoms with E-state index in [1.165, 1.54) is 0 Å². The molecule has 28 heavy (non-hydrogen) atoms. The van der Waals surface area contributed by atoms with Gasteiger partial charge in [0.1, 0.15) is 17.4 Å². The number of amides is 1. The van der Waals surface area contributed by atoms with Gasteiger partial charge in [0.15, 0.2) is 5.65 Å². The van der Waals surface area contributed by atoms with Crippen molar-refractivity contribution in [1.82, 2.24) is 9.97 Å². The highest BCUT2D eigenvalue weighted by Gasteiger charge is 2.16. The Balaban J connectivity index is 1.76. The molecule has 146 valence electrons. The fourth-order valence-corrected chi connectivity index (χ4v) is 3.03. The Hall–Kier alpha value is -3.15. The number of hydrogen-bond acceptors (Lipinski definition) is 5. The van der Waals surface area contributed by atoms with Crippen molar-refractivity contribution in [3.63, 3.8) is 0 Å². The molecule has 0 saturated heterocycles. The molecular weight excluding hydrogens is 352 g/mol. The van der Waals surface area contributed by atoms with Gasteiger partial charge in [0, 0.05) is 17.0 Å². The second-order valence-corrected chi connectivity index (χ2v) is 6.85. The molecule has 0 spiro atoms. The van der Waals surface area contributed by atoms with E-state index < -0.39 is 0 Å². The van der Waals surface area contributed by atoms with Gasteiger partial charge in [-0.05, 0) is 61.4 Å². The predicted molar refractivity (Wildman–Crippen MR) is 113 cm³/mol. The zero-order valence-electron chi connectivity index (χ0n) is 16.3. The van der Waals surface area contributed by atoms with Crippen molar-refractivity contribution in [2.24, 2.45) is 5.92 Å². The lowest BCUT2D eigenvalue weighted by atomic mass is 9.98. The summed E-state index contributed by atoms with van der Waals surface area (Å²) in [5, 5.41) is 16.4. The van der Waals surface area contributed by atoms with Crippen molar-refractivity contribution in [2.45, 2.75) is 39.5 Å². The molecule has 3 rings (SSSR count). The Morgan fingerprint density at radius 3 is 2.36 bits per heavy atom. The lowest BCUT2D eigenvalue weighted by Crippen LogP contribution is -2.22. The summed E-state index contributed by atoms with van der Waals surface area (Å²) >= 11 is 0. The van der Waals surface area contributed by atoms with Crippen LogP contribution >= 0.6 is 0 Å². The topological polar surface area (TPSA) is 87.1 Å². The number of fused-ring (bicyclic) bond motifs is 1. The third kappa shape index (κ3) is 4.97. The molecule has 0 fully saturated rings. The number of pyridine rings is 2. The van der Waals surface area contributed by atoms with Crippen LogP contribution in [0.4, 0.5) is 17.3 Å². The summed E-state index contributed by atoms with van der Waals surface area (Å²) in [5.41, 5.74) is 1.37. The number of carbonyl (C=O) groups excluding carboxylic acids is 1. The number of nitrogens with one attached hydrogen (secondary N) is 2. The molecule has 1 atom stereocenters. The first kappa shape index (κ1) is 19.6. The standard InChI is InChI=1S/C22H26N4O2/c1-3-5-6-15(4-2)22(28)26-20-14-8-16-7-13-19(24-21(16)25-20)23-17-9-11-18(27)12-10-17/h7-15,27H,3-6H2,1-2H3,(H2,23,24,25,26,28). The van der Waals surface area contributed by atoms with E-state index in [4.69, 9.17) is 0 Å². The molecule has 6 nitrogen and oxygen atoms in total. The van der Waals surface area contributed by atoms with Crippen LogP contribution in [0.25, 0.3) is 11.0 Å². The molecule has 3 N–H and O–H groups in total. The maximum absolute atomic E-state index is 12.5. The van der Waals surface area contributed by atoms with Gasteiger partial charge < -0.3 is 15.7 Å². The van der Waals surface area contributed by atoms with E-state index in [-0.39, 0.29) is 17.6 Å². The van der Waals surface area contributed by atoms with Crippen molar-refractivity contribution in [3.8, 4) is 5.75 Å². The van der Waals surface area contributed by atoms with Crippen molar-refractivity contribution < 1.29 is 9.90 Å². The lowest BCUT2D eigenvalue weighted by molar-refractivity contribution is -0.120. The Morgan fingerprint density at radius 1 is 1.00 bits per heavy atom. The number of unbranched alkanes of at least 4 members (excludes halogenated alkanes) is 1. The van der Waals surface area contributed by atoms with Crippen LogP contribution in [0.15, 0.2) is 48.5 Å². The average Bonchev–Trinajstić information content (AvgIpc) is 2.70. The predicted octanol–water partition coefficient (Wildman–Crippen LogP) is 5.23. The van der Waals surface area contributed by atoms with E-state index in [0.29, 0.717) is 17.3 Å². The van der Waals surface area contributed by atoms with Crippen molar-refractivity contribution in [2.75, 3.05) is 10.6 Å². The fraction of sp³-hybridized carbons (Fsp3) is 0.318. The van der Waals surface area contributed by atoms with Crippen molar-refractivity contribution >= 4 is 34.3 Å². The summed E-state index contributed by atoms with van der Waals surface area (Å²) in [5.74, 6) is 1.39. The van der Waals surface area contributed by atoms with Gasteiger partial charge in [-0.2, -0.15) is 0 Å². The summed E-state index contributed by atoms with van der Waals surface area (Å²) in [7, 11) is 0. The van der Waals surface area contributed by atoms with Gasteiger partial charge in [0.05, 0.1) is 0 Å². The van der Waals surface area contributed by atoms with Crippen molar-refractivity contribution in [3.05, 3.63) is 48.5 Å². The number of rotatable bonds is 8. The minimum absolute atomic E-state index is 0.00732. The molecule has 0 bridgehead atoms. The van der Waals surface area contributed by atoms with Crippen LogP contribution in [0.2, 0.25) is 0 Å². The fourth-order valence-electron chi connectivity index (χ4n) is 3.03. The summed E-state index contributed by atoms with van der Waals surface area (Å²) in [4.78, 5) is 21.6. The Labute approximate surface area is 165 Å². The minimum atomic E-state index is 0.00732. The second-order valence-electron chi connectivity index (χ2n) is 6.85. The number of phenols is 1. The maximum atomic E-state index is 12.5. The van der Waals surface area contributed by atoms with Crippen LogP contribution in [0.5, 0.6) is 5.75 Å². The molecule has 2 aromatic heterocycles. The quantitative estimate of drug-likeness (QED) is 0.467. The van der Waals surface area contributed by atoms with Crippen LogP contribution in [0.3, 0.4) is 0 Å². The normalized spacial score (nSPS) is 11.9. The molecule has 0 aliphatic carbocycles. The first-order valence-corrected chi connectivity index (χ1v) is 9.73. The number of benzene rings is 1. The highest BCUT2D eigenvalue weighted by Crippen LogP contribution is 2.22. The third-order valence-electron chi connectivity index (χ3n) is 4.71. The van der Waals surface area contributed by atoms with E-state index in [0.717, 1.165) is 36.8 Å². The first-order valence-electron chi connectivity index (χ1n) is 9.73. The lowest BCUT2D eigenvalue weighted by Gasteiger charge is -2.14. The number of carbonyl (C=O) groups is 1. The van der Waals surface area contributed by atoms with Crippen LogP contribution in [-0.2, 0) is 4.79 Å². The third-order valence-corrected chi connectivity index (χ3v) is 4.71. The van der Waals surface area contributed by atoms with Gasteiger partial charge in [-0.1, -0.05) is 26.7 Å². The molecule has 0 aliphatic heterocycles. The number of phenolic OH excluding ortho intramolecular Hbond substituents is 1.